The molecule has 2 N–H and O–H groups in total. The van der Waals surface area contributed by atoms with Crippen LogP contribution in [-0.2, 0) is 14.4 Å². The molecule has 10 nitrogen and oxygen atoms in total. The van der Waals surface area contributed by atoms with Crippen molar-refractivity contribution in [3.8, 4) is 17.0 Å². The number of pyridine rings is 1. The van der Waals surface area contributed by atoms with E-state index in [-0.39, 0.29) is 26.4 Å². The van der Waals surface area contributed by atoms with Gasteiger partial charge >= 0.3 is 12.2 Å². The molecule has 0 aliphatic carbocycles. The molecule has 2 amide bonds. The molecule has 4 rings (SSSR count). The molecule has 3 heterocycles. The molecule has 228 valence electrons. The number of amides is 2. The number of aliphatic hydroxyl groups is 1. The number of carbonyl (C=O) groups excluding carboxylic acids is 1. The fourth-order valence-corrected chi connectivity index (χ4v) is 4.34. The lowest BCUT2D eigenvalue weighted by Gasteiger charge is -2.37. The van der Waals surface area contributed by atoms with E-state index in [0.717, 1.165) is 21.6 Å². The number of aryl methyl sites for hydroxylation is 1. The van der Waals surface area contributed by atoms with E-state index in [9.17, 15) is 27.6 Å². The van der Waals surface area contributed by atoms with Crippen molar-refractivity contribution in [2.24, 2.45) is 0 Å². The van der Waals surface area contributed by atoms with E-state index >= 15 is 0 Å². The number of nitrogens with one attached hydrogen (secondary N) is 1. The molecule has 1 aromatic heterocycles. The second-order valence-electron chi connectivity index (χ2n) is 9.46. The zero-order valence-electron chi connectivity index (χ0n) is 23.2. The Hall–Kier alpha value is -3.20. The first-order valence-corrected chi connectivity index (χ1v) is 13.3. The second kappa shape index (κ2) is 15.1. The third-order valence-corrected chi connectivity index (χ3v) is 6.29. The zero-order chi connectivity index (χ0) is 30.0. The van der Waals surface area contributed by atoms with E-state index in [1.165, 1.54) is 6.92 Å². The number of alkyl halides is 3. The summed E-state index contributed by atoms with van der Waals surface area (Å²) in [6, 6.07) is 8.35. The van der Waals surface area contributed by atoms with E-state index in [4.69, 9.17) is 14.2 Å². The molecule has 0 spiro atoms. The number of halogens is 4. The van der Waals surface area contributed by atoms with Crippen molar-refractivity contribution in [3.05, 3.63) is 35.9 Å². The number of hydrogen-bond donors (Lipinski definition) is 2. The molecule has 2 aliphatic rings. The summed E-state index contributed by atoms with van der Waals surface area (Å²) in [6.07, 6.45) is -7.32. The summed E-state index contributed by atoms with van der Waals surface area (Å²) in [5, 5.41) is 11.9. The van der Waals surface area contributed by atoms with Crippen molar-refractivity contribution in [2.75, 3.05) is 69.4 Å². The SMILES string of the molecule is CCOF.Cc1ccc(NC(=O)N2CC(C)OC(C(F)(F)F)C2)cc1-c1cc(OCCO)nc(N2CCOCC2)c1. The number of rotatable bonds is 7. The van der Waals surface area contributed by atoms with Crippen molar-refractivity contribution >= 4 is 17.5 Å². The number of morpholine rings is 2. The van der Waals surface area contributed by atoms with Gasteiger partial charge in [-0.05, 0) is 60.2 Å². The summed E-state index contributed by atoms with van der Waals surface area (Å²) in [7, 11) is 0. The average molecular weight is 589 g/mol. The number of aromatic nitrogens is 1. The number of ether oxygens (including phenoxy) is 3. The van der Waals surface area contributed by atoms with Gasteiger partial charge in [0.05, 0.1) is 39.1 Å². The van der Waals surface area contributed by atoms with Gasteiger partial charge in [-0.15, -0.1) is 0 Å². The summed E-state index contributed by atoms with van der Waals surface area (Å²) in [5.74, 6) is 1.05. The lowest BCUT2D eigenvalue weighted by atomic mass is 10.00. The van der Waals surface area contributed by atoms with E-state index < -0.39 is 31.0 Å². The van der Waals surface area contributed by atoms with Gasteiger partial charge in [0, 0.05) is 31.4 Å². The maximum absolute atomic E-state index is 13.2. The van der Waals surface area contributed by atoms with Gasteiger partial charge in [-0.2, -0.15) is 23.1 Å². The molecule has 0 saturated carbocycles. The molecular formula is C27H36F4N4O6. The first-order chi connectivity index (χ1) is 19.5. The lowest BCUT2D eigenvalue weighted by Crippen LogP contribution is -2.55. The summed E-state index contributed by atoms with van der Waals surface area (Å²) in [4.78, 5) is 23.7. The molecular weight excluding hydrogens is 552 g/mol. The van der Waals surface area contributed by atoms with E-state index in [2.05, 4.69) is 20.1 Å². The number of aliphatic hydroxyl groups excluding tert-OH is 1. The molecule has 41 heavy (non-hydrogen) atoms. The number of nitrogens with zero attached hydrogens (tertiary/aromatic N) is 3. The van der Waals surface area contributed by atoms with E-state index in [1.54, 1.807) is 25.1 Å². The maximum atomic E-state index is 13.2. The van der Waals surface area contributed by atoms with Gasteiger partial charge in [0.2, 0.25) is 5.88 Å². The molecule has 2 saturated heterocycles. The van der Waals surface area contributed by atoms with Crippen LogP contribution in [-0.4, -0.2) is 98.6 Å². The molecule has 2 atom stereocenters. The van der Waals surface area contributed by atoms with Crippen molar-refractivity contribution in [1.82, 2.24) is 9.88 Å². The van der Waals surface area contributed by atoms with Crippen LogP contribution in [0.5, 0.6) is 5.88 Å². The summed E-state index contributed by atoms with van der Waals surface area (Å²) < 4.78 is 65.9. The molecule has 0 radical (unpaired) electrons. The standard InChI is InChI=1S/C25H31F3N4O5.C2H5FO/c1-16-3-4-19(29-24(34)32-14-17(2)37-21(15-32)25(26,27)28)13-20(16)18-11-22(31-5-8-35-9-6-31)30-23(12-18)36-10-7-33;1-2-4-3/h3-4,11-13,17,21,33H,5-10,14-15H2,1-2H3,(H,29,34);2H2,1H3. The Kier molecular flexibility index (Phi) is 11.9. The van der Waals surface area contributed by atoms with Crippen molar-refractivity contribution in [3.63, 3.8) is 0 Å². The zero-order valence-corrected chi connectivity index (χ0v) is 23.2. The van der Waals surface area contributed by atoms with Gasteiger partial charge in [-0.25, -0.2) is 4.79 Å². The highest BCUT2D eigenvalue weighted by Crippen LogP contribution is 2.33. The van der Waals surface area contributed by atoms with Crippen LogP contribution in [0.4, 0.5) is 34.0 Å². The lowest BCUT2D eigenvalue weighted by molar-refractivity contribution is -0.247. The van der Waals surface area contributed by atoms with Crippen LogP contribution in [0.2, 0.25) is 0 Å². The quantitative estimate of drug-likeness (QED) is 0.460. The highest BCUT2D eigenvalue weighted by atomic mass is 19.4. The van der Waals surface area contributed by atoms with E-state index in [0.29, 0.717) is 43.7 Å². The Bertz CT molecular complexity index is 1130. The number of carbonyl (C=O) groups is 1. The predicted octanol–water partition coefficient (Wildman–Crippen LogP) is 4.36. The van der Waals surface area contributed by atoms with Gasteiger partial charge in [0.25, 0.3) is 0 Å². The summed E-state index contributed by atoms with van der Waals surface area (Å²) in [5.41, 5.74) is 2.94. The highest BCUT2D eigenvalue weighted by Gasteiger charge is 2.46. The van der Waals surface area contributed by atoms with Crippen molar-refractivity contribution < 1.29 is 46.8 Å². The summed E-state index contributed by atoms with van der Waals surface area (Å²) >= 11 is 0. The van der Waals surface area contributed by atoms with Crippen LogP contribution in [0, 0.1) is 6.92 Å². The fraction of sp³-hybridized carbons (Fsp3) is 0.556. The topological polar surface area (TPSA) is 106 Å². The average Bonchev–Trinajstić information content (AvgIpc) is 2.96. The smallest absolute Gasteiger partial charge is 0.416 e. The molecule has 2 unspecified atom stereocenters. The summed E-state index contributed by atoms with van der Waals surface area (Å²) in [6.45, 7) is 7.07. The molecule has 2 fully saturated rings. The first kappa shape index (κ1) is 32.3. The molecule has 2 aliphatic heterocycles. The number of hydrogen-bond acceptors (Lipinski definition) is 8. The van der Waals surface area contributed by atoms with Gasteiger partial charge in [-0.1, -0.05) is 6.07 Å². The second-order valence-corrected chi connectivity index (χ2v) is 9.46. The first-order valence-electron chi connectivity index (χ1n) is 13.3. The molecule has 2 aromatic rings. The fourth-order valence-electron chi connectivity index (χ4n) is 4.34. The molecule has 1 aromatic carbocycles. The number of anilines is 2. The largest absolute Gasteiger partial charge is 0.475 e. The molecule has 14 heteroatoms. The van der Waals surface area contributed by atoms with Gasteiger partial charge in [-0.3, -0.25) is 0 Å². The van der Waals surface area contributed by atoms with Crippen LogP contribution in [0.25, 0.3) is 11.1 Å². The molecule has 0 bridgehead atoms. The normalized spacial score (nSPS) is 19.3. The Morgan fingerprint density at radius 3 is 2.54 bits per heavy atom. The third-order valence-electron chi connectivity index (χ3n) is 6.29. The maximum Gasteiger partial charge on any atom is 0.416 e. The van der Waals surface area contributed by atoms with Crippen LogP contribution >= 0.6 is 0 Å². The van der Waals surface area contributed by atoms with Gasteiger partial charge in [0.15, 0.2) is 6.10 Å². The minimum Gasteiger partial charge on any atom is -0.475 e. The van der Waals surface area contributed by atoms with Crippen LogP contribution < -0.4 is 15.0 Å². The predicted molar refractivity (Wildman–Crippen MR) is 144 cm³/mol. The minimum absolute atomic E-state index is 0.0515. The highest BCUT2D eigenvalue weighted by molar-refractivity contribution is 5.90. The van der Waals surface area contributed by atoms with Crippen LogP contribution in [0.3, 0.4) is 0 Å². The number of urea groups is 1. The Morgan fingerprint density at radius 2 is 1.90 bits per heavy atom. The Balaban J connectivity index is 0.00000108. The van der Waals surface area contributed by atoms with E-state index in [1.807, 2.05) is 19.1 Å². The van der Waals surface area contributed by atoms with Crippen LogP contribution in [0.15, 0.2) is 30.3 Å². The van der Waals surface area contributed by atoms with Crippen LogP contribution in [0.1, 0.15) is 19.4 Å². The number of benzene rings is 1. The monoisotopic (exact) mass is 588 g/mol. The Morgan fingerprint density at radius 1 is 1.20 bits per heavy atom. The van der Waals surface area contributed by atoms with Gasteiger partial charge < -0.3 is 34.4 Å². The Labute approximate surface area is 236 Å². The minimum atomic E-state index is -4.56. The van der Waals surface area contributed by atoms with Gasteiger partial charge in [0.1, 0.15) is 12.4 Å². The third kappa shape index (κ3) is 9.42. The van der Waals surface area contributed by atoms with Crippen molar-refractivity contribution in [2.45, 2.75) is 39.2 Å². The van der Waals surface area contributed by atoms with Crippen molar-refractivity contribution in [1.29, 1.82) is 0 Å².